The number of benzene rings is 2. The van der Waals surface area contributed by atoms with E-state index in [1.165, 1.54) is 22.3 Å². The first-order chi connectivity index (χ1) is 32.8. The van der Waals surface area contributed by atoms with Crippen LogP contribution in [0.1, 0.15) is 126 Å². The molecule has 6 atom stereocenters. The fourth-order valence-corrected chi connectivity index (χ4v) is 9.61. The molecule has 6 aliphatic rings. The van der Waals surface area contributed by atoms with Crippen LogP contribution in [0.3, 0.4) is 0 Å². The standard InChI is InChI=1S/C25H36O12.C25H28O6/c26-21-30-13-17(34-21)5-1-9-25(10-2-6-18-14-31-22(27)35-18,11-3-7-19-15-32-23(28)36-19)12-4-8-20-16-33-24(29)37-20;1-25(2,19-9-3-17(4-10-19)7-13-21-15-28-23(26)30-21)20-11-5-18(6-12-20)8-14-22-16-29-24(27)31-22/h17-20H,1-16H2;3-6,9-12,21-22H,7-8,13-16H2,1-2H3. The molecule has 6 fully saturated rings. The molecule has 8 rings (SSSR count). The summed E-state index contributed by atoms with van der Waals surface area (Å²) in [5.74, 6) is 0. The zero-order valence-electron chi connectivity index (χ0n) is 39.0. The van der Waals surface area contributed by atoms with Crippen molar-refractivity contribution in [1.29, 1.82) is 0 Å². The molecule has 0 radical (unpaired) electrons. The second-order valence-corrected chi connectivity index (χ2v) is 19.0. The van der Waals surface area contributed by atoms with E-state index in [-0.39, 0.29) is 73.9 Å². The first-order valence-corrected chi connectivity index (χ1v) is 24.0. The third kappa shape index (κ3) is 15.0. The number of ether oxygens (including phenoxy) is 12. The van der Waals surface area contributed by atoms with E-state index in [0.29, 0.717) is 38.9 Å². The predicted molar refractivity (Wildman–Crippen MR) is 237 cm³/mol. The Balaban J connectivity index is 0.000000204. The average molecular weight is 953 g/mol. The molecule has 2 aromatic rings. The molecule has 0 aromatic heterocycles. The Hall–Kier alpha value is -5.94. The minimum absolute atomic E-state index is 0.0418. The van der Waals surface area contributed by atoms with Gasteiger partial charge < -0.3 is 56.8 Å². The second kappa shape index (κ2) is 23.9. The normalized spacial score (nSPS) is 24.9. The van der Waals surface area contributed by atoms with Gasteiger partial charge in [-0.3, -0.25) is 0 Å². The summed E-state index contributed by atoms with van der Waals surface area (Å²) in [6, 6.07) is 17.3. The van der Waals surface area contributed by atoms with Crippen LogP contribution >= 0.6 is 0 Å². The summed E-state index contributed by atoms with van der Waals surface area (Å²) in [5, 5.41) is 0. The van der Waals surface area contributed by atoms with Gasteiger partial charge in [0.1, 0.15) is 76.3 Å². The third-order valence-electron chi connectivity index (χ3n) is 13.7. The number of hydrogen-bond acceptors (Lipinski definition) is 18. The van der Waals surface area contributed by atoms with Crippen molar-refractivity contribution in [2.24, 2.45) is 5.41 Å². The van der Waals surface area contributed by atoms with Gasteiger partial charge in [-0.2, -0.15) is 0 Å². The Bertz CT molecular complexity index is 1810. The van der Waals surface area contributed by atoms with Gasteiger partial charge in [0.05, 0.1) is 0 Å². The zero-order chi connectivity index (χ0) is 47.9. The van der Waals surface area contributed by atoms with E-state index >= 15 is 0 Å². The molecule has 372 valence electrons. The molecule has 0 aliphatic carbocycles. The molecule has 2 aromatic carbocycles. The maximum absolute atomic E-state index is 11.3. The number of cyclic esters (lactones) is 12. The lowest BCUT2D eigenvalue weighted by atomic mass is 9.70. The summed E-state index contributed by atoms with van der Waals surface area (Å²) in [6.07, 6.45) is 8.29. The largest absolute Gasteiger partial charge is 0.508 e. The topological polar surface area (TPSA) is 213 Å². The third-order valence-corrected chi connectivity index (χ3v) is 13.7. The van der Waals surface area contributed by atoms with Gasteiger partial charge in [-0.25, -0.2) is 28.8 Å². The number of carbonyl (C=O) groups is 6. The van der Waals surface area contributed by atoms with Crippen LogP contribution in [-0.2, 0) is 75.1 Å². The van der Waals surface area contributed by atoms with Gasteiger partial charge in [0.25, 0.3) is 0 Å². The maximum atomic E-state index is 11.3. The van der Waals surface area contributed by atoms with Crippen LogP contribution in [0.15, 0.2) is 48.5 Å². The molecule has 0 spiro atoms. The Labute approximate surface area is 396 Å². The lowest BCUT2D eigenvalue weighted by Crippen LogP contribution is -2.25. The summed E-state index contributed by atoms with van der Waals surface area (Å²) in [4.78, 5) is 67.2. The maximum Gasteiger partial charge on any atom is 0.508 e. The van der Waals surface area contributed by atoms with Gasteiger partial charge in [0, 0.05) is 5.41 Å². The minimum Gasteiger partial charge on any atom is -0.430 e. The average Bonchev–Trinajstić information content (AvgIpc) is 4.21. The smallest absolute Gasteiger partial charge is 0.430 e. The Morgan fingerprint density at radius 2 is 0.603 bits per heavy atom. The van der Waals surface area contributed by atoms with Crippen LogP contribution in [0.25, 0.3) is 0 Å². The molecule has 68 heavy (non-hydrogen) atoms. The van der Waals surface area contributed by atoms with Crippen molar-refractivity contribution >= 4 is 36.9 Å². The van der Waals surface area contributed by atoms with Crippen molar-refractivity contribution < 1.29 is 85.6 Å². The van der Waals surface area contributed by atoms with Gasteiger partial charge in [-0.1, -0.05) is 62.4 Å². The molecule has 0 amide bonds. The fraction of sp³-hybridized carbons (Fsp3) is 0.640. The first-order valence-electron chi connectivity index (χ1n) is 24.0. The predicted octanol–water partition coefficient (Wildman–Crippen LogP) is 9.74. The number of hydrogen-bond donors (Lipinski definition) is 0. The molecule has 6 saturated heterocycles. The van der Waals surface area contributed by atoms with Crippen molar-refractivity contribution in [3.63, 3.8) is 0 Å². The highest BCUT2D eigenvalue weighted by molar-refractivity contribution is 5.63. The van der Waals surface area contributed by atoms with E-state index < -0.39 is 36.9 Å². The van der Waals surface area contributed by atoms with E-state index in [0.717, 1.165) is 77.0 Å². The summed E-state index contributed by atoms with van der Waals surface area (Å²) < 4.78 is 60.3. The van der Waals surface area contributed by atoms with E-state index in [2.05, 4.69) is 62.4 Å². The van der Waals surface area contributed by atoms with Gasteiger partial charge in [0.15, 0.2) is 0 Å². The molecule has 6 heterocycles. The van der Waals surface area contributed by atoms with Crippen LogP contribution in [0.5, 0.6) is 0 Å². The Morgan fingerprint density at radius 3 is 0.824 bits per heavy atom. The minimum atomic E-state index is -0.619. The van der Waals surface area contributed by atoms with Crippen LogP contribution < -0.4 is 0 Å². The van der Waals surface area contributed by atoms with Crippen molar-refractivity contribution in [1.82, 2.24) is 0 Å². The van der Waals surface area contributed by atoms with Crippen molar-refractivity contribution in [2.45, 2.75) is 159 Å². The van der Waals surface area contributed by atoms with Crippen LogP contribution in [0.2, 0.25) is 0 Å². The van der Waals surface area contributed by atoms with Crippen LogP contribution in [-0.4, -0.2) is 113 Å². The Kier molecular flexibility index (Phi) is 17.5. The summed E-state index contributed by atoms with van der Waals surface area (Å²) in [5.41, 5.74) is 4.76. The molecular formula is C50H64O18. The molecule has 6 unspecified atom stereocenters. The van der Waals surface area contributed by atoms with E-state index in [1.807, 2.05) is 0 Å². The lowest BCUT2D eigenvalue weighted by Gasteiger charge is -2.35. The highest BCUT2D eigenvalue weighted by atomic mass is 16.8. The molecule has 18 nitrogen and oxygen atoms in total. The quantitative estimate of drug-likeness (QED) is 0.0707. The van der Waals surface area contributed by atoms with Gasteiger partial charge in [-0.15, -0.1) is 0 Å². The summed E-state index contributed by atoms with van der Waals surface area (Å²) in [7, 11) is 0. The number of carbonyl (C=O) groups excluding carboxylic acids is 6. The first kappa shape index (κ1) is 50.0. The highest BCUT2D eigenvalue weighted by Crippen LogP contribution is 2.43. The second-order valence-electron chi connectivity index (χ2n) is 19.0. The monoisotopic (exact) mass is 952 g/mol. The van der Waals surface area contributed by atoms with Crippen molar-refractivity contribution in [2.75, 3.05) is 39.6 Å². The van der Waals surface area contributed by atoms with Crippen LogP contribution in [0, 0.1) is 5.41 Å². The van der Waals surface area contributed by atoms with Gasteiger partial charge in [-0.05, 0) is 130 Å². The van der Waals surface area contributed by atoms with E-state index in [9.17, 15) is 28.8 Å². The fourth-order valence-electron chi connectivity index (χ4n) is 9.61. The molecule has 0 saturated carbocycles. The summed E-state index contributed by atoms with van der Waals surface area (Å²) in [6.45, 7) is 6.25. The molecule has 18 heteroatoms. The summed E-state index contributed by atoms with van der Waals surface area (Å²) >= 11 is 0. The molecule has 0 bridgehead atoms. The van der Waals surface area contributed by atoms with Gasteiger partial charge in [0.2, 0.25) is 0 Å². The van der Waals surface area contributed by atoms with Crippen molar-refractivity contribution in [3.05, 3.63) is 70.8 Å². The lowest BCUT2D eigenvalue weighted by molar-refractivity contribution is 0.100. The molecule has 6 aliphatic heterocycles. The number of aryl methyl sites for hydroxylation is 2. The van der Waals surface area contributed by atoms with Crippen molar-refractivity contribution in [3.8, 4) is 0 Å². The van der Waals surface area contributed by atoms with E-state index in [1.54, 1.807) is 0 Å². The van der Waals surface area contributed by atoms with E-state index in [4.69, 9.17) is 56.8 Å². The number of rotatable bonds is 24. The molecule has 0 N–H and O–H groups in total. The SMILES string of the molecule is CC(C)(c1ccc(CCC2COC(=O)O2)cc1)c1ccc(CCC2COC(=O)O2)cc1.O=C1OCC(CCCC(CCCC2COC(=O)O2)(CCCC2COC(=O)O2)CCCC2COC(=O)O2)O1. The van der Waals surface area contributed by atoms with Crippen LogP contribution in [0.4, 0.5) is 28.8 Å². The Morgan fingerprint density at radius 1 is 0.368 bits per heavy atom. The zero-order valence-corrected chi connectivity index (χ0v) is 39.0. The molecular weight excluding hydrogens is 889 g/mol. The van der Waals surface area contributed by atoms with Gasteiger partial charge >= 0.3 is 36.9 Å². The highest BCUT2D eigenvalue weighted by Gasteiger charge is 2.35.